The summed E-state index contributed by atoms with van der Waals surface area (Å²) >= 11 is 0. The zero-order valence-electron chi connectivity index (χ0n) is 6.67. The number of hydrogen-bond acceptors (Lipinski definition) is 1. The summed E-state index contributed by atoms with van der Waals surface area (Å²) in [6.45, 7) is 5.85. The molecule has 58 valence electrons. The Bertz CT molecular complexity index is 268. The molecule has 0 N–H and O–H groups in total. The molecule has 0 fully saturated rings. The van der Waals surface area contributed by atoms with Gasteiger partial charge in [-0.1, -0.05) is 28.8 Å². The third kappa shape index (κ3) is 1.87. The van der Waals surface area contributed by atoms with E-state index in [9.17, 15) is 0 Å². The van der Waals surface area contributed by atoms with Crippen LogP contribution < -0.4 is 5.44 Å². The van der Waals surface area contributed by atoms with Crippen molar-refractivity contribution in [3.8, 4) is 0 Å². The van der Waals surface area contributed by atoms with Crippen molar-refractivity contribution in [2.75, 3.05) is 0 Å². The van der Waals surface area contributed by atoms with Gasteiger partial charge in [-0.2, -0.15) is 0 Å². The maximum atomic E-state index is 4.15. The molecule has 1 aromatic rings. The second-order valence-corrected chi connectivity index (χ2v) is 2.96. The Kier molecular flexibility index (Phi) is 2.78. The summed E-state index contributed by atoms with van der Waals surface area (Å²) in [4.78, 5) is 4.15. The van der Waals surface area contributed by atoms with E-state index in [0.29, 0.717) is 0 Å². The molecule has 0 aliphatic carbocycles. The fourth-order valence-electron chi connectivity index (χ4n) is 1.02. The smallest absolute Gasteiger partial charge is 0.0572 e. The summed E-state index contributed by atoms with van der Waals surface area (Å²) in [5, 5.41) is 0. The highest BCUT2D eigenvalue weighted by atomic mass is 31.0. The summed E-state index contributed by atoms with van der Waals surface area (Å²) in [7, 11) is 2.59. The zero-order chi connectivity index (χ0) is 8.27. The molecular weight excluding hydrogens is 153 g/mol. The van der Waals surface area contributed by atoms with E-state index < -0.39 is 0 Å². The first-order valence-electron chi connectivity index (χ1n) is 3.64. The average Bonchev–Trinajstić information content (AvgIpc) is 2.04. The molecule has 1 atom stereocenters. The summed E-state index contributed by atoms with van der Waals surface area (Å²) in [6.07, 6.45) is 4.73. The van der Waals surface area contributed by atoms with Crippen molar-refractivity contribution in [3.05, 3.63) is 30.0 Å². The first kappa shape index (κ1) is 8.42. The zero-order valence-corrected chi connectivity index (χ0v) is 7.83. The van der Waals surface area contributed by atoms with Crippen LogP contribution in [-0.4, -0.2) is 4.98 Å². The molecular formula is C9H12NP. The Morgan fingerprint density at radius 1 is 1.73 bits per heavy atom. The Balaban J connectivity index is 3.16. The van der Waals surface area contributed by atoms with E-state index >= 15 is 0 Å². The fourth-order valence-corrected chi connectivity index (χ4v) is 1.29. The van der Waals surface area contributed by atoms with E-state index in [-0.39, 0.29) is 0 Å². The second-order valence-electron chi connectivity index (χ2n) is 2.37. The number of nitrogens with zero attached hydrogens (tertiary/aromatic N) is 1. The fraction of sp³-hybridized carbons (Fsp3) is 0.222. The van der Waals surface area contributed by atoms with Gasteiger partial charge in [-0.05, 0) is 23.6 Å². The molecule has 2 heteroatoms. The number of pyridine rings is 1. The van der Waals surface area contributed by atoms with Gasteiger partial charge in [0.05, 0.1) is 5.44 Å². The minimum absolute atomic E-state index is 0.993. The molecule has 0 spiro atoms. The van der Waals surface area contributed by atoms with Crippen molar-refractivity contribution in [2.45, 2.75) is 13.3 Å². The lowest BCUT2D eigenvalue weighted by Crippen LogP contribution is -2.00. The molecule has 0 saturated carbocycles. The van der Waals surface area contributed by atoms with Gasteiger partial charge >= 0.3 is 0 Å². The number of rotatable bonds is 2. The lowest BCUT2D eigenvalue weighted by molar-refractivity contribution is 1.12. The molecule has 0 aromatic carbocycles. The predicted octanol–water partition coefficient (Wildman–Crippen LogP) is 1.79. The SMILES string of the molecule is C=Cc1cnc(P)cc1CC. The number of aromatic nitrogens is 1. The maximum Gasteiger partial charge on any atom is 0.0572 e. The second kappa shape index (κ2) is 3.64. The highest BCUT2D eigenvalue weighted by molar-refractivity contribution is 7.26. The molecule has 0 amide bonds. The topological polar surface area (TPSA) is 12.9 Å². The first-order valence-corrected chi connectivity index (χ1v) is 4.22. The van der Waals surface area contributed by atoms with E-state index in [1.807, 2.05) is 12.3 Å². The van der Waals surface area contributed by atoms with Crippen LogP contribution in [0.2, 0.25) is 0 Å². The van der Waals surface area contributed by atoms with Gasteiger partial charge in [0.25, 0.3) is 0 Å². The summed E-state index contributed by atoms with van der Waals surface area (Å²) in [6, 6.07) is 2.07. The van der Waals surface area contributed by atoms with Crippen molar-refractivity contribution in [2.24, 2.45) is 0 Å². The molecule has 0 aliphatic heterocycles. The third-order valence-corrected chi connectivity index (χ3v) is 1.96. The monoisotopic (exact) mass is 165 g/mol. The highest BCUT2D eigenvalue weighted by Gasteiger charge is 1.96. The Morgan fingerprint density at radius 3 is 3.00 bits per heavy atom. The molecule has 1 rings (SSSR count). The molecule has 0 radical (unpaired) electrons. The van der Waals surface area contributed by atoms with Crippen LogP contribution >= 0.6 is 9.24 Å². The minimum atomic E-state index is 0.993. The van der Waals surface area contributed by atoms with E-state index in [1.165, 1.54) is 5.56 Å². The van der Waals surface area contributed by atoms with E-state index in [1.54, 1.807) is 0 Å². The van der Waals surface area contributed by atoms with Crippen LogP contribution in [0, 0.1) is 0 Å². The average molecular weight is 165 g/mol. The molecule has 0 bridgehead atoms. The van der Waals surface area contributed by atoms with Crippen LogP contribution in [0.15, 0.2) is 18.8 Å². The first-order chi connectivity index (χ1) is 5.27. The van der Waals surface area contributed by atoms with E-state index in [2.05, 4.69) is 33.8 Å². The molecule has 1 nitrogen and oxygen atoms in total. The molecule has 0 saturated heterocycles. The van der Waals surface area contributed by atoms with Crippen LogP contribution in [0.5, 0.6) is 0 Å². The maximum absolute atomic E-state index is 4.15. The van der Waals surface area contributed by atoms with Gasteiger partial charge in [-0.15, -0.1) is 0 Å². The normalized spacial score (nSPS) is 9.64. The molecule has 1 unspecified atom stereocenters. The van der Waals surface area contributed by atoms with Gasteiger partial charge in [0.15, 0.2) is 0 Å². The van der Waals surface area contributed by atoms with Crippen molar-refractivity contribution >= 4 is 20.8 Å². The van der Waals surface area contributed by atoms with Gasteiger partial charge in [0.2, 0.25) is 0 Å². The van der Waals surface area contributed by atoms with E-state index in [0.717, 1.165) is 17.4 Å². The van der Waals surface area contributed by atoms with Crippen LogP contribution in [0.3, 0.4) is 0 Å². The Hall–Kier alpha value is -0.680. The Labute approximate surface area is 69.8 Å². The lowest BCUT2D eigenvalue weighted by Gasteiger charge is -2.02. The van der Waals surface area contributed by atoms with Gasteiger partial charge in [0, 0.05) is 6.20 Å². The summed E-state index contributed by atoms with van der Waals surface area (Å²) < 4.78 is 0. The van der Waals surface area contributed by atoms with Gasteiger partial charge in [-0.3, -0.25) is 4.98 Å². The van der Waals surface area contributed by atoms with Crippen molar-refractivity contribution in [3.63, 3.8) is 0 Å². The minimum Gasteiger partial charge on any atom is -0.256 e. The van der Waals surface area contributed by atoms with Gasteiger partial charge in [0.1, 0.15) is 0 Å². The number of hydrogen-bond donors (Lipinski definition) is 0. The van der Waals surface area contributed by atoms with Gasteiger partial charge < -0.3 is 0 Å². The Morgan fingerprint density at radius 2 is 2.45 bits per heavy atom. The largest absolute Gasteiger partial charge is 0.256 e. The van der Waals surface area contributed by atoms with Crippen LogP contribution in [-0.2, 0) is 6.42 Å². The van der Waals surface area contributed by atoms with E-state index in [4.69, 9.17) is 0 Å². The third-order valence-electron chi connectivity index (χ3n) is 1.65. The molecule has 1 heterocycles. The molecule has 0 aliphatic rings. The van der Waals surface area contributed by atoms with Gasteiger partial charge in [-0.25, -0.2) is 0 Å². The van der Waals surface area contributed by atoms with Crippen LogP contribution in [0.1, 0.15) is 18.1 Å². The number of aryl methyl sites for hydroxylation is 1. The predicted molar refractivity (Wildman–Crippen MR) is 53.1 cm³/mol. The lowest BCUT2D eigenvalue weighted by atomic mass is 10.1. The summed E-state index contributed by atoms with van der Waals surface area (Å²) in [5.74, 6) is 0. The van der Waals surface area contributed by atoms with Crippen molar-refractivity contribution < 1.29 is 0 Å². The van der Waals surface area contributed by atoms with Crippen molar-refractivity contribution in [1.29, 1.82) is 0 Å². The quantitative estimate of drug-likeness (QED) is 0.609. The summed E-state index contributed by atoms with van der Waals surface area (Å²) in [5.41, 5.74) is 3.44. The standard InChI is InChI=1S/C9H12NP/c1-3-7-5-9(11)10-6-8(7)4-2/h4-6H,2-3,11H2,1H3. The molecule has 11 heavy (non-hydrogen) atoms. The molecule has 1 aromatic heterocycles. The van der Waals surface area contributed by atoms with Crippen LogP contribution in [0.4, 0.5) is 0 Å². The van der Waals surface area contributed by atoms with Crippen molar-refractivity contribution in [1.82, 2.24) is 4.98 Å². The highest BCUT2D eigenvalue weighted by Crippen LogP contribution is 2.08. The van der Waals surface area contributed by atoms with Crippen LogP contribution in [0.25, 0.3) is 6.08 Å².